The summed E-state index contributed by atoms with van der Waals surface area (Å²) in [6, 6.07) is 63.6. The summed E-state index contributed by atoms with van der Waals surface area (Å²) in [5.74, 6) is 1.83. The van der Waals surface area contributed by atoms with E-state index >= 15 is 0 Å². The van der Waals surface area contributed by atoms with Crippen molar-refractivity contribution in [2.45, 2.75) is 0 Å². The zero-order valence-corrected chi connectivity index (χ0v) is 31.0. The fourth-order valence-electron chi connectivity index (χ4n) is 7.81. The summed E-state index contributed by atoms with van der Waals surface area (Å²) in [5.41, 5.74) is 10.5. The minimum atomic E-state index is 0.463. The van der Waals surface area contributed by atoms with Crippen LogP contribution in [0, 0.1) is 22.7 Å². The van der Waals surface area contributed by atoms with Gasteiger partial charge in [-0.1, -0.05) is 133 Å². The molecule has 268 valence electrons. The maximum absolute atomic E-state index is 9.54. The number of rotatable bonds is 6. The molecule has 0 radical (unpaired) electrons. The first-order valence-corrected chi connectivity index (χ1v) is 18.9. The number of nitriles is 2. The average molecular weight is 739 g/mol. The first kappa shape index (κ1) is 34.2. The number of benzene rings is 8. The van der Waals surface area contributed by atoms with Crippen LogP contribution in [-0.2, 0) is 0 Å². The molecule has 0 amide bonds. The monoisotopic (exact) mass is 738 g/mol. The molecule has 0 unspecified atom stereocenters. The van der Waals surface area contributed by atoms with Crippen molar-refractivity contribution < 1.29 is 0 Å². The van der Waals surface area contributed by atoms with Gasteiger partial charge in [0.2, 0.25) is 0 Å². The molecule has 10 rings (SSSR count). The summed E-state index contributed by atoms with van der Waals surface area (Å²) in [6.45, 7) is 0. The fourth-order valence-corrected chi connectivity index (χ4v) is 7.81. The highest BCUT2D eigenvalue weighted by Crippen LogP contribution is 2.42. The van der Waals surface area contributed by atoms with Gasteiger partial charge in [0.1, 0.15) is 0 Å². The standard InChI is InChI=1S/C52H30N6/c53-31-33-25-34(32-54)27-41(26-33)35-20-22-36(23-21-35)45-29-48-44-19-10-24-55-49(44)46(30-47(48)43-18-8-7-17-42(43)45)39-15-9-16-40(28-39)52-57-50(37-11-3-1-4-12-37)56-51(58-52)38-13-5-2-6-14-38/h1-30H. The summed E-state index contributed by atoms with van der Waals surface area (Å²) in [5, 5.41) is 24.7. The zero-order chi connectivity index (χ0) is 39.0. The number of hydrogen-bond donors (Lipinski definition) is 0. The van der Waals surface area contributed by atoms with E-state index in [0.717, 1.165) is 82.5 Å². The van der Waals surface area contributed by atoms with Gasteiger partial charge in [0.15, 0.2) is 17.5 Å². The third-order valence-electron chi connectivity index (χ3n) is 10.6. The zero-order valence-electron chi connectivity index (χ0n) is 31.0. The lowest BCUT2D eigenvalue weighted by molar-refractivity contribution is 1.07. The van der Waals surface area contributed by atoms with Gasteiger partial charge in [-0.15, -0.1) is 0 Å². The van der Waals surface area contributed by atoms with Gasteiger partial charge in [0.05, 0.1) is 28.8 Å². The van der Waals surface area contributed by atoms with Gasteiger partial charge in [-0.05, 0) is 91.8 Å². The second-order valence-electron chi connectivity index (χ2n) is 14.1. The topological polar surface area (TPSA) is 99.1 Å². The Morgan fingerprint density at radius 3 is 1.50 bits per heavy atom. The van der Waals surface area contributed by atoms with Crippen LogP contribution in [0.2, 0.25) is 0 Å². The maximum atomic E-state index is 9.54. The van der Waals surface area contributed by atoms with Crippen molar-refractivity contribution in [2.24, 2.45) is 0 Å². The van der Waals surface area contributed by atoms with Crippen molar-refractivity contribution >= 4 is 32.4 Å². The van der Waals surface area contributed by atoms with Crippen molar-refractivity contribution in [3.63, 3.8) is 0 Å². The second-order valence-corrected chi connectivity index (χ2v) is 14.1. The summed E-state index contributed by atoms with van der Waals surface area (Å²) < 4.78 is 0. The van der Waals surface area contributed by atoms with E-state index in [1.165, 1.54) is 0 Å². The Balaban J connectivity index is 1.12. The summed E-state index contributed by atoms with van der Waals surface area (Å²) in [4.78, 5) is 19.9. The Labute approximate surface area is 334 Å². The van der Waals surface area contributed by atoms with E-state index in [0.29, 0.717) is 28.6 Å². The number of nitrogens with zero attached hydrogens (tertiary/aromatic N) is 6. The van der Waals surface area contributed by atoms with Crippen molar-refractivity contribution in [1.82, 2.24) is 19.9 Å². The van der Waals surface area contributed by atoms with Crippen LogP contribution in [0.5, 0.6) is 0 Å². The van der Waals surface area contributed by atoms with Crippen LogP contribution in [0.25, 0.3) is 100.0 Å². The van der Waals surface area contributed by atoms with Crippen LogP contribution in [0.4, 0.5) is 0 Å². The van der Waals surface area contributed by atoms with Gasteiger partial charge in [0.25, 0.3) is 0 Å². The molecule has 0 bridgehead atoms. The third-order valence-corrected chi connectivity index (χ3v) is 10.6. The maximum Gasteiger partial charge on any atom is 0.164 e. The molecule has 0 aliphatic carbocycles. The lowest BCUT2D eigenvalue weighted by Gasteiger charge is -2.16. The van der Waals surface area contributed by atoms with Gasteiger partial charge in [0, 0.05) is 33.8 Å². The van der Waals surface area contributed by atoms with E-state index in [9.17, 15) is 10.5 Å². The predicted molar refractivity (Wildman–Crippen MR) is 232 cm³/mol. The molecule has 6 heteroatoms. The molecule has 0 aliphatic rings. The second kappa shape index (κ2) is 14.4. The molecule has 0 aliphatic heterocycles. The summed E-state index contributed by atoms with van der Waals surface area (Å²) in [7, 11) is 0. The van der Waals surface area contributed by atoms with Gasteiger partial charge in [-0.25, -0.2) is 15.0 Å². The summed E-state index contributed by atoms with van der Waals surface area (Å²) >= 11 is 0. The lowest BCUT2D eigenvalue weighted by atomic mass is 9.88. The molecule has 8 aromatic carbocycles. The van der Waals surface area contributed by atoms with E-state index in [2.05, 4.69) is 103 Å². The minimum Gasteiger partial charge on any atom is -0.256 e. The van der Waals surface area contributed by atoms with Crippen LogP contribution in [0.15, 0.2) is 182 Å². The summed E-state index contributed by atoms with van der Waals surface area (Å²) in [6.07, 6.45) is 1.85. The van der Waals surface area contributed by atoms with E-state index in [-0.39, 0.29) is 0 Å². The first-order valence-electron chi connectivity index (χ1n) is 18.9. The van der Waals surface area contributed by atoms with Crippen molar-refractivity contribution in [2.75, 3.05) is 0 Å². The van der Waals surface area contributed by atoms with Gasteiger partial charge in [-0.2, -0.15) is 10.5 Å². The van der Waals surface area contributed by atoms with Gasteiger partial charge < -0.3 is 0 Å². The molecule has 6 nitrogen and oxygen atoms in total. The van der Waals surface area contributed by atoms with Crippen molar-refractivity contribution in [1.29, 1.82) is 10.5 Å². The minimum absolute atomic E-state index is 0.463. The lowest BCUT2D eigenvalue weighted by Crippen LogP contribution is -2.00. The fraction of sp³-hybridized carbons (Fsp3) is 0. The highest BCUT2D eigenvalue weighted by molar-refractivity contribution is 6.23. The Hall–Kier alpha value is -8.32. The van der Waals surface area contributed by atoms with Crippen molar-refractivity contribution in [3.8, 4) is 79.7 Å². The van der Waals surface area contributed by atoms with Crippen molar-refractivity contribution in [3.05, 3.63) is 193 Å². The van der Waals surface area contributed by atoms with Gasteiger partial charge >= 0.3 is 0 Å². The number of pyridine rings is 1. The number of fused-ring (bicyclic) bond motifs is 5. The number of hydrogen-bond acceptors (Lipinski definition) is 6. The largest absolute Gasteiger partial charge is 0.256 e. The van der Waals surface area contributed by atoms with Crippen LogP contribution >= 0.6 is 0 Å². The highest BCUT2D eigenvalue weighted by atomic mass is 15.0. The molecule has 58 heavy (non-hydrogen) atoms. The van der Waals surface area contributed by atoms with Crippen LogP contribution < -0.4 is 0 Å². The van der Waals surface area contributed by atoms with E-state index in [4.69, 9.17) is 19.9 Å². The molecule has 2 aromatic heterocycles. The van der Waals surface area contributed by atoms with E-state index < -0.39 is 0 Å². The van der Waals surface area contributed by atoms with E-state index in [1.807, 2.05) is 85.1 Å². The molecule has 0 N–H and O–H groups in total. The Morgan fingerprint density at radius 1 is 0.328 bits per heavy atom. The average Bonchev–Trinajstić information content (AvgIpc) is 3.31. The van der Waals surface area contributed by atoms with E-state index in [1.54, 1.807) is 6.07 Å². The molecule has 0 spiro atoms. The van der Waals surface area contributed by atoms with Crippen LogP contribution in [0.1, 0.15) is 11.1 Å². The Kier molecular flexibility index (Phi) is 8.49. The molecule has 2 heterocycles. The molecular weight excluding hydrogens is 709 g/mol. The molecule has 0 atom stereocenters. The van der Waals surface area contributed by atoms with Gasteiger partial charge in [-0.3, -0.25) is 4.98 Å². The predicted octanol–water partition coefficient (Wildman–Crippen LogP) is 12.5. The molecule has 0 saturated heterocycles. The molecule has 0 fully saturated rings. The SMILES string of the molecule is N#Cc1cc(C#N)cc(-c2ccc(-c3cc4c5cccnc5c(-c5cccc(-c6nc(-c7ccccc7)nc(-c7ccccc7)n6)c5)cc4c4ccccc34)cc2)c1. The third kappa shape index (κ3) is 6.18. The van der Waals surface area contributed by atoms with Crippen LogP contribution in [0.3, 0.4) is 0 Å². The Morgan fingerprint density at radius 2 is 0.845 bits per heavy atom. The molecule has 10 aromatic rings. The highest BCUT2D eigenvalue weighted by Gasteiger charge is 2.17. The number of aromatic nitrogens is 4. The van der Waals surface area contributed by atoms with Crippen LogP contribution in [-0.4, -0.2) is 19.9 Å². The molecule has 0 saturated carbocycles. The quantitative estimate of drug-likeness (QED) is 0.157. The first-order chi connectivity index (χ1) is 28.6. The normalized spacial score (nSPS) is 11.1. The molecular formula is C52H30N6. The Bertz CT molecular complexity index is 3200. The smallest absolute Gasteiger partial charge is 0.164 e.